The molecule has 0 spiro atoms. The van der Waals surface area contributed by atoms with Crippen LogP contribution in [0.3, 0.4) is 0 Å². The maximum Gasteiger partial charge on any atom is 0.262 e. The highest BCUT2D eigenvalue weighted by atomic mass is 32.2. The van der Waals surface area contributed by atoms with Crippen molar-refractivity contribution in [3.05, 3.63) is 66.7 Å². The summed E-state index contributed by atoms with van der Waals surface area (Å²) in [5.41, 5.74) is 1.57. The lowest BCUT2D eigenvalue weighted by molar-refractivity contribution is 0.417. The van der Waals surface area contributed by atoms with Gasteiger partial charge in [-0.3, -0.25) is 9.44 Å². The molecule has 0 unspecified atom stereocenters. The molecule has 3 aromatic rings. The molecule has 0 atom stereocenters. The largest absolute Gasteiger partial charge is 0.494 e. The summed E-state index contributed by atoms with van der Waals surface area (Å²) in [5, 5.41) is 0. The van der Waals surface area contributed by atoms with E-state index in [4.69, 9.17) is 4.74 Å². The van der Waals surface area contributed by atoms with Crippen molar-refractivity contribution in [2.75, 3.05) is 16.6 Å². The Kier molecular flexibility index (Phi) is 4.28. The van der Waals surface area contributed by atoms with Crippen LogP contribution in [0.2, 0.25) is 0 Å². The third kappa shape index (κ3) is 3.08. The van der Waals surface area contributed by atoms with Crippen LogP contribution in [0.4, 0.5) is 11.4 Å². The molecule has 4 rings (SSSR count). The standard InChI is InChI=1S/C19H16N2O5S2/c1-26-18-12-16-15(14-9-5-6-10-19(14)28(24,25)20-16)11-17(18)21-27(22,23)13-7-3-2-4-8-13/h2-12,20-21H,1H3. The minimum atomic E-state index is -3.84. The van der Waals surface area contributed by atoms with Gasteiger partial charge in [-0.25, -0.2) is 16.8 Å². The van der Waals surface area contributed by atoms with Gasteiger partial charge >= 0.3 is 0 Å². The minimum absolute atomic E-state index is 0.107. The smallest absolute Gasteiger partial charge is 0.262 e. The van der Waals surface area contributed by atoms with Crippen LogP contribution in [0.15, 0.2) is 76.5 Å². The molecule has 0 saturated carbocycles. The van der Waals surface area contributed by atoms with Gasteiger partial charge < -0.3 is 4.74 Å². The van der Waals surface area contributed by atoms with Gasteiger partial charge in [-0.15, -0.1) is 0 Å². The summed E-state index contributed by atoms with van der Waals surface area (Å²) in [5.74, 6) is 0.195. The lowest BCUT2D eigenvalue weighted by Gasteiger charge is -2.23. The molecule has 0 fully saturated rings. The van der Waals surface area contributed by atoms with E-state index in [1.54, 1.807) is 42.5 Å². The molecule has 7 nitrogen and oxygen atoms in total. The van der Waals surface area contributed by atoms with Gasteiger partial charge in [0.2, 0.25) is 0 Å². The Morgan fingerprint density at radius 3 is 2.32 bits per heavy atom. The number of benzene rings is 3. The summed E-state index contributed by atoms with van der Waals surface area (Å²) in [6.07, 6.45) is 0. The van der Waals surface area contributed by atoms with Gasteiger partial charge in [0.15, 0.2) is 0 Å². The molecule has 0 radical (unpaired) electrons. The van der Waals surface area contributed by atoms with Crippen molar-refractivity contribution < 1.29 is 21.6 Å². The molecular formula is C19H16N2O5S2. The normalized spacial score (nSPS) is 14.3. The third-order valence-electron chi connectivity index (χ3n) is 4.35. The number of fused-ring (bicyclic) bond motifs is 3. The van der Waals surface area contributed by atoms with E-state index in [9.17, 15) is 16.8 Å². The summed E-state index contributed by atoms with van der Waals surface area (Å²) < 4.78 is 60.7. The van der Waals surface area contributed by atoms with Crippen molar-refractivity contribution in [2.45, 2.75) is 9.79 Å². The van der Waals surface area contributed by atoms with Gasteiger partial charge in [0.05, 0.1) is 28.3 Å². The molecule has 1 heterocycles. The fourth-order valence-electron chi connectivity index (χ4n) is 3.06. The molecule has 2 N–H and O–H groups in total. The van der Waals surface area contributed by atoms with Crippen LogP contribution in [0.1, 0.15) is 0 Å². The topological polar surface area (TPSA) is 102 Å². The molecule has 1 aliphatic rings. The second-order valence-corrected chi connectivity index (χ2v) is 9.45. The second-order valence-electron chi connectivity index (χ2n) is 6.12. The second kappa shape index (κ2) is 6.54. The van der Waals surface area contributed by atoms with Crippen LogP contribution in [0.5, 0.6) is 5.75 Å². The SMILES string of the molecule is COc1cc2c(cc1NS(=O)(=O)c1ccccc1)-c1ccccc1S(=O)(=O)N2. The molecule has 0 amide bonds. The number of anilines is 2. The van der Waals surface area contributed by atoms with Gasteiger partial charge in [0.25, 0.3) is 20.0 Å². The number of nitrogens with one attached hydrogen (secondary N) is 2. The fourth-order valence-corrected chi connectivity index (χ4v) is 5.44. The van der Waals surface area contributed by atoms with E-state index < -0.39 is 20.0 Å². The Balaban J connectivity index is 1.86. The lowest BCUT2D eigenvalue weighted by atomic mass is 10.0. The number of sulfonamides is 2. The Morgan fingerprint density at radius 2 is 1.61 bits per heavy atom. The first-order valence-electron chi connectivity index (χ1n) is 8.24. The quantitative estimate of drug-likeness (QED) is 0.680. The van der Waals surface area contributed by atoms with Gasteiger partial charge in [0, 0.05) is 17.2 Å². The van der Waals surface area contributed by atoms with Gasteiger partial charge in [-0.2, -0.15) is 0 Å². The van der Waals surface area contributed by atoms with Gasteiger partial charge in [-0.1, -0.05) is 36.4 Å². The van der Waals surface area contributed by atoms with E-state index in [1.165, 1.54) is 31.4 Å². The first-order chi connectivity index (χ1) is 13.3. The molecule has 0 aromatic heterocycles. The molecule has 0 aliphatic carbocycles. The average molecular weight is 416 g/mol. The maximum absolute atomic E-state index is 12.7. The Hall–Kier alpha value is -3.04. The fraction of sp³-hybridized carbons (Fsp3) is 0.0526. The van der Waals surface area contributed by atoms with Crippen LogP contribution in [-0.2, 0) is 20.0 Å². The maximum atomic E-state index is 12.7. The Labute approximate surface area is 163 Å². The summed E-state index contributed by atoms with van der Waals surface area (Å²) in [6.45, 7) is 0. The van der Waals surface area contributed by atoms with E-state index in [0.29, 0.717) is 16.8 Å². The Bertz CT molecular complexity index is 1270. The van der Waals surface area contributed by atoms with Crippen LogP contribution in [0, 0.1) is 0 Å². The van der Waals surface area contributed by atoms with Crippen molar-refractivity contribution >= 4 is 31.4 Å². The Morgan fingerprint density at radius 1 is 0.929 bits per heavy atom. The zero-order valence-corrected chi connectivity index (χ0v) is 16.3. The first-order valence-corrected chi connectivity index (χ1v) is 11.2. The highest BCUT2D eigenvalue weighted by Crippen LogP contribution is 2.44. The summed E-state index contributed by atoms with van der Waals surface area (Å²) >= 11 is 0. The average Bonchev–Trinajstić information content (AvgIpc) is 2.68. The van der Waals surface area contributed by atoms with Crippen molar-refractivity contribution in [3.63, 3.8) is 0 Å². The summed E-state index contributed by atoms with van der Waals surface area (Å²) in [4.78, 5) is 0.236. The molecule has 9 heteroatoms. The molecule has 1 aliphatic heterocycles. The molecular weight excluding hydrogens is 400 g/mol. The van der Waals surface area contributed by atoms with Crippen molar-refractivity contribution in [3.8, 4) is 16.9 Å². The number of rotatable bonds is 4. The van der Waals surface area contributed by atoms with Crippen LogP contribution in [-0.4, -0.2) is 23.9 Å². The van der Waals surface area contributed by atoms with Crippen molar-refractivity contribution in [1.82, 2.24) is 0 Å². The molecule has 0 saturated heterocycles. The number of hydrogen-bond acceptors (Lipinski definition) is 5. The molecule has 144 valence electrons. The summed E-state index contributed by atoms with van der Waals surface area (Å²) in [7, 11) is -6.17. The zero-order valence-electron chi connectivity index (χ0n) is 14.7. The van der Waals surface area contributed by atoms with Crippen molar-refractivity contribution in [1.29, 1.82) is 0 Å². The molecule has 28 heavy (non-hydrogen) atoms. The van der Waals surface area contributed by atoms with Crippen molar-refractivity contribution in [2.24, 2.45) is 0 Å². The number of methoxy groups -OCH3 is 1. The molecule has 0 bridgehead atoms. The van der Waals surface area contributed by atoms with E-state index in [0.717, 1.165) is 0 Å². The minimum Gasteiger partial charge on any atom is -0.494 e. The number of ether oxygens (including phenoxy) is 1. The van der Waals surface area contributed by atoms with Crippen LogP contribution < -0.4 is 14.2 Å². The van der Waals surface area contributed by atoms with Gasteiger partial charge in [0.1, 0.15) is 5.75 Å². The van der Waals surface area contributed by atoms with E-state index in [2.05, 4.69) is 9.44 Å². The first kappa shape index (κ1) is 18.3. The van der Waals surface area contributed by atoms with Crippen LogP contribution >= 0.6 is 0 Å². The van der Waals surface area contributed by atoms with Gasteiger partial charge in [-0.05, 0) is 24.3 Å². The zero-order chi connectivity index (χ0) is 19.9. The third-order valence-corrected chi connectivity index (χ3v) is 7.15. The predicted molar refractivity (Wildman–Crippen MR) is 106 cm³/mol. The van der Waals surface area contributed by atoms with E-state index >= 15 is 0 Å². The number of hydrogen-bond donors (Lipinski definition) is 2. The van der Waals surface area contributed by atoms with Crippen LogP contribution in [0.25, 0.3) is 11.1 Å². The monoisotopic (exact) mass is 416 g/mol. The highest BCUT2D eigenvalue weighted by molar-refractivity contribution is 7.93. The van der Waals surface area contributed by atoms with E-state index in [1.807, 2.05) is 0 Å². The summed E-state index contributed by atoms with van der Waals surface area (Å²) in [6, 6.07) is 17.5. The lowest BCUT2D eigenvalue weighted by Crippen LogP contribution is -2.19. The highest BCUT2D eigenvalue weighted by Gasteiger charge is 2.29. The molecule has 3 aromatic carbocycles. The predicted octanol–water partition coefficient (Wildman–Crippen LogP) is 3.28. The van der Waals surface area contributed by atoms with E-state index in [-0.39, 0.29) is 21.2 Å².